The van der Waals surface area contributed by atoms with Crippen molar-refractivity contribution in [3.05, 3.63) is 18.2 Å². The number of rotatable bonds is 9. The maximum absolute atomic E-state index is 12.2. The third-order valence-corrected chi connectivity index (χ3v) is 3.24. The van der Waals surface area contributed by atoms with Gasteiger partial charge >= 0.3 is 0 Å². The first kappa shape index (κ1) is 18.8. The van der Waals surface area contributed by atoms with Crippen LogP contribution in [0.25, 0.3) is 0 Å². The van der Waals surface area contributed by atoms with Crippen molar-refractivity contribution in [1.82, 2.24) is 4.90 Å². The zero-order valence-electron chi connectivity index (χ0n) is 14.0. The fourth-order valence-electron chi connectivity index (χ4n) is 2.01. The molecule has 1 rings (SSSR count). The lowest BCUT2D eigenvalue weighted by Gasteiger charge is -2.20. The molecule has 0 aliphatic heterocycles. The molecule has 1 N–H and O–H groups in total. The summed E-state index contributed by atoms with van der Waals surface area (Å²) >= 11 is 0. The second-order valence-electron chi connectivity index (χ2n) is 4.90. The van der Waals surface area contributed by atoms with Crippen molar-refractivity contribution in [2.24, 2.45) is 0 Å². The van der Waals surface area contributed by atoms with Crippen LogP contribution in [0.2, 0.25) is 0 Å². The summed E-state index contributed by atoms with van der Waals surface area (Å²) < 4.78 is 15.3. The first-order valence-electron chi connectivity index (χ1n) is 7.28. The molecule has 0 heterocycles. The Morgan fingerprint density at radius 2 is 1.91 bits per heavy atom. The molecule has 1 aromatic rings. The molecule has 0 fully saturated rings. The van der Waals surface area contributed by atoms with Crippen LogP contribution >= 0.6 is 0 Å². The quantitative estimate of drug-likeness (QED) is 0.697. The maximum atomic E-state index is 12.2. The summed E-state index contributed by atoms with van der Waals surface area (Å²) in [5.41, 5.74) is 0.527. The molecule has 0 aliphatic rings. The van der Waals surface area contributed by atoms with E-state index in [2.05, 4.69) is 5.32 Å². The van der Waals surface area contributed by atoms with Crippen molar-refractivity contribution in [2.75, 3.05) is 46.3 Å². The molecule has 23 heavy (non-hydrogen) atoms. The Kier molecular flexibility index (Phi) is 7.90. The zero-order valence-corrected chi connectivity index (χ0v) is 14.0. The molecule has 0 bridgehead atoms. The van der Waals surface area contributed by atoms with E-state index >= 15 is 0 Å². The number of hydrogen-bond donors (Lipinski definition) is 1. The van der Waals surface area contributed by atoms with Gasteiger partial charge in [0.15, 0.2) is 0 Å². The number of hydrogen-bond acceptors (Lipinski definition) is 5. The van der Waals surface area contributed by atoms with Crippen LogP contribution < -0.4 is 14.8 Å². The number of carbonyl (C=O) groups is 2. The first-order chi connectivity index (χ1) is 11.0. The number of ether oxygens (including phenoxy) is 3. The van der Waals surface area contributed by atoms with Crippen LogP contribution in [0, 0.1) is 0 Å². The predicted octanol–water partition coefficient (Wildman–Crippen LogP) is 1.53. The van der Waals surface area contributed by atoms with Crippen LogP contribution in [0.15, 0.2) is 18.2 Å². The zero-order chi connectivity index (χ0) is 17.2. The normalized spacial score (nSPS) is 10.1. The highest BCUT2D eigenvalue weighted by atomic mass is 16.5. The largest absolute Gasteiger partial charge is 0.497 e. The van der Waals surface area contributed by atoms with Crippen LogP contribution in [0.1, 0.15) is 13.3 Å². The van der Waals surface area contributed by atoms with Gasteiger partial charge in [0.25, 0.3) is 0 Å². The first-order valence-corrected chi connectivity index (χ1v) is 7.28. The van der Waals surface area contributed by atoms with E-state index in [0.717, 1.165) is 0 Å². The highest BCUT2D eigenvalue weighted by molar-refractivity contribution is 5.95. The topological polar surface area (TPSA) is 77.1 Å². The van der Waals surface area contributed by atoms with Crippen molar-refractivity contribution in [3.8, 4) is 11.5 Å². The average molecular weight is 324 g/mol. The van der Waals surface area contributed by atoms with E-state index < -0.39 is 0 Å². The molecular formula is C16H24N2O5. The van der Waals surface area contributed by atoms with Crippen LogP contribution in [0.3, 0.4) is 0 Å². The van der Waals surface area contributed by atoms with E-state index in [4.69, 9.17) is 14.2 Å². The second kappa shape index (κ2) is 9.68. The number of benzene rings is 1. The lowest BCUT2D eigenvalue weighted by Crippen LogP contribution is -2.37. The molecule has 1 aromatic carbocycles. The van der Waals surface area contributed by atoms with E-state index in [9.17, 15) is 9.59 Å². The minimum absolute atomic E-state index is 0.0196. The Bertz CT molecular complexity index is 533. The van der Waals surface area contributed by atoms with Gasteiger partial charge in [0, 0.05) is 33.3 Å². The molecule has 128 valence electrons. The minimum atomic E-state index is -0.291. The molecule has 7 nitrogen and oxygen atoms in total. The van der Waals surface area contributed by atoms with Crippen molar-refractivity contribution in [2.45, 2.75) is 13.3 Å². The fourth-order valence-corrected chi connectivity index (χ4v) is 2.01. The van der Waals surface area contributed by atoms with Gasteiger partial charge in [-0.1, -0.05) is 0 Å². The molecule has 0 atom stereocenters. The number of anilines is 1. The van der Waals surface area contributed by atoms with Gasteiger partial charge in [-0.3, -0.25) is 9.59 Å². The van der Waals surface area contributed by atoms with Gasteiger partial charge in [-0.25, -0.2) is 0 Å². The van der Waals surface area contributed by atoms with Gasteiger partial charge in [0.1, 0.15) is 11.5 Å². The van der Waals surface area contributed by atoms with Gasteiger partial charge in [0.2, 0.25) is 11.8 Å². The summed E-state index contributed by atoms with van der Waals surface area (Å²) in [6.45, 7) is 2.43. The van der Waals surface area contributed by atoms with E-state index in [1.165, 1.54) is 18.9 Å². The van der Waals surface area contributed by atoms with Gasteiger partial charge < -0.3 is 24.4 Å². The van der Waals surface area contributed by atoms with Gasteiger partial charge in [-0.2, -0.15) is 0 Å². The van der Waals surface area contributed by atoms with E-state index in [-0.39, 0.29) is 18.4 Å². The van der Waals surface area contributed by atoms with E-state index in [1.807, 2.05) is 0 Å². The molecule has 0 aromatic heterocycles. The van der Waals surface area contributed by atoms with Gasteiger partial charge in [-0.05, 0) is 18.6 Å². The van der Waals surface area contributed by atoms with Gasteiger partial charge in [-0.15, -0.1) is 0 Å². The Hall–Kier alpha value is -2.28. The molecule has 2 amide bonds. The van der Waals surface area contributed by atoms with E-state index in [1.54, 1.807) is 32.4 Å². The Labute approximate surface area is 136 Å². The van der Waals surface area contributed by atoms with Crippen molar-refractivity contribution in [1.29, 1.82) is 0 Å². The van der Waals surface area contributed by atoms with Crippen LogP contribution in [-0.4, -0.2) is 57.7 Å². The van der Waals surface area contributed by atoms with Crippen molar-refractivity contribution in [3.63, 3.8) is 0 Å². The van der Waals surface area contributed by atoms with Crippen LogP contribution in [-0.2, 0) is 14.3 Å². The summed E-state index contributed by atoms with van der Waals surface area (Å²) in [6, 6.07) is 5.09. The summed E-state index contributed by atoms with van der Waals surface area (Å²) in [7, 11) is 4.66. The molecule has 0 aliphatic carbocycles. The van der Waals surface area contributed by atoms with Crippen LogP contribution in [0.5, 0.6) is 11.5 Å². The Morgan fingerprint density at radius 3 is 2.48 bits per heavy atom. The van der Waals surface area contributed by atoms with Crippen LogP contribution in [0.4, 0.5) is 5.69 Å². The standard InChI is InChI=1S/C16H24N2O5/c1-12(19)18(8-5-9-21-2)11-16(20)17-14-7-6-13(22-3)10-15(14)23-4/h6-7,10H,5,8-9,11H2,1-4H3,(H,17,20). The van der Waals surface area contributed by atoms with Crippen molar-refractivity contribution < 1.29 is 23.8 Å². The highest BCUT2D eigenvalue weighted by Crippen LogP contribution is 2.28. The average Bonchev–Trinajstić information content (AvgIpc) is 2.54. The summed E-state index contributed by atoms with van der Waals surface area (Å²) in [5, 5.41) is 2.74. The number of methoxy groups -OCH3 is 3. The SMILES string of the molecule is COCCCN(CC(=O)Nc1ccc(OC)cc1OC)C(C)=O. The number of amides is 2. The molecular weight excluding hydrogens is 300 g/mol. The summed E-state index contributed by atoms with van der Waals surface area (Å²) in [6.07, 6.45) is 0.676. The maximum Gasteiger partial charge on any atom is 0.244 e. The smallest absolute Gasteiger partial charge is 0.244 e. The lowest BCUT2D eigenvalue weighted by molar-refractivity contribution is -0.132. The highest BCUT2D eigenvalue weighted by Gasteiger charge is 2.15. The summed E-state index contributed by atoms with van der Waals surface area (Å²) in [5.74, 6) is 0.676. The minimum Gasteiger partial charge on any atom is -0.497 e. The predicted molar refractivity (Wildman–Crippen MR) is 86.9 cm³/mol. The number of carbonyl (C=O) groups excluding carboxylic acids is 2. The summed E-state index contributed by atoms with van der Waals surface area (Å²) in [4.78, 5) is 25.2. The number of nitrogens with zero attached hydrogens (tertiary/aromatic N) is 1. The Balaban J connectivity index is 2.68. The molecule has 0 radical (unpaired) electrons. The molecule has 0 spiro atoms. The monoisotopic (exact) mass is 324 g/mol. The lowest BCUT2D eigenvalue weighted by atomic mass is 10.2. The third kappa shape index (κ3) is 6.15. The third-order valence-electron chi connectivity index (χ3n) is 3.24. The van der Waals surface area contributed by atoms with Crippen molar-refractivity contribution >= 4 is 17.5 Å². The fraction of sp³-hybridized carbons (Fsp3) is 0.500. The molecule has 7 heteroatoms. The Morgan fingerprint density at radius 1 is 1.17 bits per heavy atom. The second-order valence-corrected chi connectivity index (χ2v) is 4.90. The number of nitrogens with one attached hydrogen (secondary N) is 1. The molecule has 0 unspecified atom stereocenters. The molecule has 0 saturated heterocycles. The van der Waals surface area contributed by atoms with E-state index in [0.29, 0.717) is 36.8 Å². The van der Waals surface area contributed by atoms with Gasteiger partial charge in [0.05, 0.1) is 26.5 Å². The molecule has 0 saturated carbocycles.